The van der Waals surface area contributed by atoms with Gasteiger partial charge in [0.05, 0.1) is 0 Å². The zero-order chi connectivity index (χ0) is 15.2. The Bertz CT molecular complexity index is 484. The summed E-state index contributed by atoms with van der Waals surface area (Å²) in [4.78, 5) is 13.2. The molecule has 2 rings (SSSR count). The van der Waals surface area contributed by atoms with Crippen molar-refractivity contribution in [1.29, 1.82) is 0 Å². The van der Waals surface area contributed by atoms with E-state index >= 15 is 0 Å². The normalized spacial score (nSPS) is 16.9. The van der Waals surface area contributed by atoms with E-state index in [9.17, 15) is 9.18 Å². The maximum atomic E-state index is 13.5. The zero-order valence-corrected chi connectivity index (χ0v) is 12.6. The topological polar surface area (TPSA) is 58.4 Å². The molecule has 1 aliphatic heterocycles. The molecule has 0 bridgehead atoms. The molecule has 1 aliphatic rings. The predicted octanol–water partition coefficient (Wildman–Crippen LogP) is 1.63. The minimum absolute atomic E-state index is 0.0338. The van der Waals surface area contributed by atoms with E-state index in [1.807, 2.05) is 6.07 Å². The Labute approximate surface area is 125 Å². The lowest BCUT2D eigenvalue weighted by Gasteiger charge is -2.32. The van der Waals surface area contributed by atoms with Crippen molar-refractivity contribution >= 4 is 5.91 Å². The van der Waals surface area contributed by atoms with Crippen LogP contribution >= 0.6 is 0 Å². The number of nitrogens with zero attached hydrogens (tertiary/aromatic N) is 1. The van der Waals surface area contributed by atoms with Crippen LogP contribution in [0.5, 0.6) is 0 Å². The lowest BCUT2D eigenvalue weighted by molar-refractivity contribution is -0.119. The van der Waals surface area contributed by atoms with Gasteiger partial charge in [0, 0.05) is 26.6 Å². The molecular formula is C16H24FN3O. The molecule has 1 aromatic rings. The van der Waals surface area contributed by atoms with E-state index in [1.165, 1.54) is 6.07 Å². The summed E-state index contributed by atoms with van der Waals surface area (Å²) in [7, 11) is 0. The number of likely N-dealkylation sites (tertiary alicyclic amines) is 1. The SMILES string of the molecule is CC(=O)NCC1CCN(Cc2cc(F)cc(CN)c2)CC1. The summed E-state index contributed by atoms with van der Waals surface area (Å²) in [5.41, 5.74) is 7.40. The van der Waals surface area contributed by atoms with Crippen LogP contribution in [-0.2, 0) is 17.9 Å². The molecule has 1 amide bonds. The maximum Gasteiger partial charge on any atom is 0.216 e. The van der Waals surface area contributed by atoms with E-state index < -0.39 is 0 Å². The van der Waals surface area contributed by atoms with Gasteiger partial charge >= 0.3 is 0 Å². The Hall–Kier alpha value is -1.46. The lowest BCUT2D eigenvalue weighted by Crippen LogP contribution is -2.37. The monoisotopic (exact) mass is 293 g/mol. The van der Waals surface area contributed by atoms with Gasteiger partial charge in [-0.1, -0.05) is 6.07 Å². The largest absolute Gasteiger partial charge is 0.356 e. The summed E-state index contributed by atoms with van der Waals surface area (Å²) in [6.45, 7) is 5.41. The molecule has 5 heteroatoms. The molecule has 1 aromatic carbocycles. The molecule has 0 saturated carbocycles. The van der Waals surface area contributed by atoms with Gasteiger partial charge in [-0.2, -0.15) is 0 Å². The molecule has 4 nitrogen and oxygen atoms in total. The third-order valence-electron chi connectivity index (χ3n) is 4.01. The first kappa shape index (κ1) is 15.9. The third kappa shape index (κ3) is 5.10. The van der Waals surface area contributed by atoms with Crippen LogP contribution < -0.4 is 11.1 Å². The van der Waals surface area contributed by atoms with Crippen LogP contribution in [0, 0.1) is 11.7 Å². The first-order valence-corrected chi connectivity index (χ1v) is 7.52. The number of hydrogen-bond donors (Lipinski definition) is 2. The first-order chi connectivity index (χ1) is 10.1. The van der Waals surface area contributed by atoms with Crippen LogP contribution in [0.3, 0.4) is 0 Å². The second-order valence-corrected chi connectivity index (χ2v) is 5.83. The van der Waals surface area contributed by atoms with Crippen molar-refractivity contribution in [3.8, 4) is 0 Å². The molecule has 0 aliphatic carbocycles. The number of carbonyl (C=O) groups is 1. The Kier molecular flexibility index (Phi) is 5.70. The lowest BCUT2D eigenvalue weighted by atomic mass is 9.96. The third-order valence-corrected chi connectivity index (χ3v) is 4.01. The van der Waals surface area contributed by atoms with E-state index in [4.69, 9.17) is 5.73 Å². The maximum absolute atomic E-state index is 13.5. The summed E-state index contributed by atoms with van der Waals surface area (Å²) in [5.74, 6) is 0.372. The van der Waals surface area contributed by atoms with Crippen molar-refractivity contribution in [3.63, 3.8) is 0 Å². The van der Waals surface area contributed by atoms with Crippen LogP contribution in [-0.4, -0.2) is 30.4 Å². The molecule has 0 spiro atoms. The average molecular weight is 293 g/mol. The van der Waals surface area contributed by atoms with Crippen molar-refractivity contribution < 1.29 is 9.18 Å². The Balaban J connectivity index is 1.83. The van der Waals surface area contributed by atoms with Crippen LogP contribution in [0.2, 0.25) is 0 Å². The van der Waals surface area contributed by atoms with Crippen LogP contribution in [0.25, 0.3) is 0 Å². The summed E-state index contributed by atoms with van der Waals surface area (Å²) in [6.07, 6.45) is 2.14. The van der Waals surface area contributed by atoms with Crippen LogP contribution in [0.4, 0.5) is 4.39 Å². The molecule has 3 N–H and O–H groups in total. The molecular weight excluding hydrogens is 269 g/mol. The zero-order valence-electron chi connectivity index (χ0n) is 12.6. The fourth-order valence-electron chi connectivity index (χ4n) is 2.82. The highest BCUT2D eigenvalue weighted by molar-refractivity contribution is 5.72. The van der Waals surface area contributed by atoms with Gasteiger partial charge in [-0.15, -0.1) is 0 Å². The van der Waals surface area contributed by atoms with Gasteiger partial charge in [-0.25, -0.2) is 4.39 Å². The summed E-state index contributed by atoms with van der Waals surface area (Å²) < 4.78 is 13.5. The molecule has 21 heavy (non-hydrogen) atoms. The Morgan fingerprint density at radius 2 is 2.00 bits per heavy atom. The van der Waals surface area contributed by atoms with Crippen molar-refractivity contribution in [3.05, 3.63) is 35.1 Å². The van der Waals surface area contributed by atoms with Gasteiger partial charge in [0.1, 0.15) is 5.82 Å². The number of nitrogens with one attached hydrogen (secondary N) is 1. The minimum Gasteiger partial charge on any atom is -0.356 e. The van der Waals surface area contributed by atoms with Gasteiger partial charge in [0.25, 0.3) is 0 Å². The second kappa shape index (κ2) is 7.52. The van der Waals surface area contributed by atoms with Gasteiger partial charge in [-0.3, -0.25) is 9.69 Å². The molecule has 116 valence electrons. The fourth-order valence-corrected chi connectivity index (χ4v) is 2.82. The van der Waals surface area contributed by atoms with E-state index in [2.05, 4.69) is 10.2 Å². The molecule has 0 aromatic heterocycles. The quantitative estimate of drug-likeness (QED) is 0.867. The smallest absolute Gasteiger partial charge is 0.216 e. The van der Waals surface area contributed by atoms with Crippen LogP contribution in [0.1, 0.15) is 30.9 Å². The number of rotatable bonds is 5. The number of hydrogen-bond acceptors (Lipinski definition) is 3. The summed E-state index contributed by atoms with van der Waals surface area (Å²) >= 11 is 0. The van der Waals surface area contributed by atoms with Crippen LogP contribution in [0.15, 0.2) is 18.2 Å². The molecule has 1 saturated heterocycles. The van der Waals surface area contributed by atoms with E-state index in [0.29, 0.717) is 12.5 Å². The van der Waals surface area contributed by atoms with Gasteiger partial charge in [0.15, 0.2) is 0 Å². The summed E-state index contributed by atoms with van der Waals surface area (Å²) in [6, 6.07) is 5.05. The minimum atomic E-state index is -0.214. The highest BCUT2D eigenvalue weighted by Crippen LogP contribution is 2.19. The molecule has 1 heterocycles. The standard InChI is InChI=1S/C16H24FN3O/c1-12(21)19-10-13-2-4-20(5-3-13)11-15-6-14(9-18)7-16(17)8-15/h6-8,13H,2-5,9-11,18H2,1H3,(H,19,21). The Morgan fingerprint density at radius 1 is 1.33 bits per heavy atom. The summed E-state index contributed by atoms with van der Waals surface area (Å²) in [5, 5.41) is 2.88. The van der Waals surface area contributed by atoms with Gasteiger partial charge in [-0.05, 0) is 55.1 Å². The fraction of sp³-hybridized carbons (Fsp3) is 0.562. The second-order valence-electron chi connectivity index (χ2n) is 5.83. The number of carbonyl (C=O) groups excluding carboxylic acids is 1. The highest BCUT2D eigenvalue weighted by Gasteiger charge is 2.19. The van der Waals surface area contributed by atoms with E-state index in [-0.39, 0.29) is 11.7 Å². The van der Waals surface area contributed by atoms with Gasteiger partial charge in [0.2, 0.25) is 5.91 Å². The van der Waals surface area contributed by atoms with E-state index in [0.717, 1.165) is 50.1 Å². The average Bonchev–Trinajstić information content (AvgIpc) is 2.46. The molecule has 0 radical (unpaired) electrons. The number of halogens is 1. The number of nitrogens with two attached hydrogens (primary N) is 1. The molecule has 0 unspecified atom stereocenters. The van der Waals surface area contributed by atoms with E-state index in [1.54, 1.807) is 13.0 Å². The number of benzene rings is 1. The highest BCUT2D eigenvalue weighted by atomic mass is 19.1. The Morgan fingerprint density at radius 3 is 2.62 bits per heavy atom. The van der Waals surface area contributed by atoms with Crippen molar-refractivity contribution in [1.82, 2.24) is 10.2 Å². The van der Waals surface area contributed by atoms with Crippen molar-refractivity contribution in [2.75, 3.05) is 19.6 Å². The number of amides is 1. The molecule has 0 atom stereocenters. The van der Waals surface area contributed by atoms with Crippen molar-refractivity contribution in [2.24, 2.45) is 11.7 Å². The first-order valence-electron chi connectivity index (χ1n) is 7.52. The number of piperidine rings is 1. The predicted molar refractivity (Wildman–Crippen MR) is 81.0 cm³/mol. The van der Waals surface area contributed by atoms with Crippen molar-refractivity contribution in [2.45, 2.75) is 32.9 Å². The molecule has 1 fully saturated rings. The van der Waals surface area contributed by atoms with Gasteiger partial charge < -0.3 is 11.1 Å².